The minimum Gasteiger partial charge on any atom is -0.465 e. The Morgan fingerprint density at radius 1 is 1.06 bits per heavy atom. The molecule has 11 heteroatoms. The number of nitrogens with zero attached hydrogens (tertiary/aromatic N) is 4. The Balaban J connectivity index is 1.44. The third-order valence-corrected chi connectivity index (χ3v) is 9.53. The van der Waals surface area contributed by atoms with Crippen molar-refractivity contribution in [3.05, 3.63) is 112 Å². The highest BCUT2D eigenvalue weighted by Crippen LogP contribution is 2.39. The zero-order chi connectivity index (χ0) is 33.3. The largest absolute Gasteiger partial charge is 0.465 e. The van der Waals surface area contributed by atoms with E-state index in [0.29, 0.717) is 30.9 Å². The van der Waals surface area contributed by atoms with Gasteiger partial charge in [0.15, 0.2) is 0 Å². The van der Waals surface area contributed by atoms with Gasteiger partial charge in [0, 0.05) is 18.8 Å². The first-order valence-electron chi connectivity index (χ1n) is 15.7. The van der Waals surface area contributed by atoms with Crippen LogP contribution in [0.25, 0.3) is 15.9 Å². The molecular weight excluding hydrogens is 614 g/mol. The first kappa shape index (κ1) is 32.2. The van der Waals surface area contributed by atoms with E-state index in [2.05, 4.69) is 21.3 Å². The second-order valence-corrected chi connectivity index (χ2v) is 13.6. The Bertz CT molecular complexity index is 1960. The van der Waals surface area contributed by atoms with Gasteiger partial charge in [0.25, 0.3) is 11.5 Å². The third kappa shape index (κ3) is 6.33. The SMILES string of the molecule is CCOC(=O)C1(Cc2ccccc2)CN(c2ccc3ncsc3c2)CC1NC(=O)c1c(C)n(CC(C)(C)O)n(-c2ccccc2)c1=O. The predicted molar refractivity (Wildman–Crippen MR) is 183 cm³/mol. The van der Waals surface area contributed by atoms with Gasteiger partial charge < -0.3 is 20.1 Å². The fourth-order valence-corrected chi connectivity index (χ4v) is 7.26. The lowest BCUT2D eigenvalue weighted by Gasteiger charge is -2.32. The summed E-state index contributed by atoms with van der Waals surface area (Å²) in [6.45, 7) is 7.65. The number of benzene rings is 3. The van der Waals surface area contributed by atoms with E-state index in [1.807, 2.05) is 60.7 Å². The average Bonchev–Trinajstić information content (AvgIpc) is 3.72. The number of ether oxygens (including phenoxy) is 1. The summed E-state index contributed by atoms with van der Waals surface area (Å²) in [5.74, 6) is -0.994. The fraction of sp³-hybridized carbons (Fsp3) is 0.333. The molecule has 5 aromatic rings. The first-order valence-corrected chi connectivity index (χ1v) is 16.6. The molecule has 1 fully saturated rings. The van der Waals surface area contributed by atoms with Crippen molar-refractivity contribution < 1.29 is 19.4 Å². The van der Waals surface area contributed by atoms with Crippen molar-refractivity contribution in [2.45, 2.75) is 52.3 Å². The second-order valence-electron chi connectivity index (χ2n) is 12.7. The van der Waals surface area contributed by atoms with Crippen LogP contribution in [-0.4, -0.2) is 62.7 Å². The van der Waals surface area contributed by atoms with Crippen molar-refractivity contribution in [1.29, 1.82) is 0 Å². The lowest BCUT2D eigenvalue weighted by atomic mass is 9.77. The van der Waals surface area contributed by atoms with Gasteiger partial charge in [-0.25, -0.2) is 9.67 Å². The molecule has 47 heavy (non-hydrogen) atoms. The molecule has 0 saturated carbocycles. The monoisotopic (exact) mass is 653 g/mol. The van der Waals surface area contributed by atoms with Gasteiger partial charge in [-0.05, 0) is 70.0 Å². The molecule has 3 heterocycles. The molecule has 0 bridgehead atoms. The second kappa shape index (κ2) is 12.8. The highest BCUT2D eigenvalue weighted by Gasteiger charge is 2.54. The summed E-state index contributed by atoms with van der Waals surface area (Å²) < 4.78 is 9.81. The Labute approximate surface area is 277 Å². The van der Waals surface area contributed by atoms with Crippen LogP contribution in [0, 0.1) is 12.3 Å². The van der Waals surface area contributed by atoms with Gasteiger partial charge in [-0.3, -0.25) is 19.1 Å². The van der Waals surface area contributed by atoms with Gasteiger partial charge in [0.1, 0.15) is 11.0 Å². The molecule has 2 unspecified atom stereocenters. The predicted octanol–water partition coefficient (Wildman–Crippen LogP) is 4.74. The Morgan fingerprint density at radius 3 is 2.45 bits per heavy atom. The van der Waals surface area contributed by atoms with E-state index in [1.54, 1.807) is 50.0 Å². The summed E-state index contributed by atoms with van der Waals surface area (Å²) in [5, 5.41) is 13.9. The number of nitrogens with one attached hydrogen (secondary N) is 1. The maximum atomic E-state index is 14.3. The Morgan fingerprint density at radius 2 is 1.77 bits per heavy atom. The summed E-state index contributed by atoms with van der Waals surface area (Å²) in [5.41, 5.74) is 2.63. The molecule has 1 saturated heterocycles. The van der Waals surface area contributed by atoms with Crippen LogP contribution in [0.2, 0.25) is 0 Å². The minimum atomic E-state index is -1.17. The number of aromatic nitrogens is 3. The Kier molecular flexibility index (Phi) is 8.78. The minimum absolute atomic E-state index is 0.0416. The topological polar surface area (TPSA) is 119 Å². The number of carbonyl (C=O) groups is 2. The van der Waals surface area contributed by atoms with Crippen LogP contribution in [0.15, 0.2) is 89.2 Å². The normalized spacial score (nSPS) is 18.1. The van der Waals surface area contributed by atoms with E-state index in [1.165, 1.54) is 16.0 Å². The number of amides is 1. The molecule has 0 spiro atoms. The van der Waals surface area contributed by atoms with Crippen LogP contribution >= 0.6 is 11.3 Å². The van der Waals surface area contributed by atoms with Crippen LogP contribution in [-0.2, 0) is 22.5 Å². The number of thiazole rings is 1. The number of hydrogen-bond donors (Lipinski definition) is 2. The smallest absolute Gasteiger partial charge is 0.316 e. The summed E-state index contributed by atoms with van der Waals surface area (Å²) in [4.78, 5) is 49.0. The highest BCUT2D eigenvalue weighted by atomic mass is 32.1. The van der Waals surface area contributed by atoms with E-state index in [-0.39, 0.29) is 18.7 Å². The van der Waals surface area contributed by atoms with Crippen LogP contribution in [0.1, 0.15) is 42.4 Å². The van der Waals surface area contributed by atoms with Gasteiger partial charge in [0.05, 0.1) is 51.9 Å². The number of rotatable bonds is 10. The molecule has 10 nitrogen and oxygen atoms in total. The van der Waals surface area contributed by atoms with E-state index < -0.39 is 34.5 Å². The Hall–Kier alpha value is -4.74. The van der Waals surface area contributed by atoms with Gasteiger partial charge in [-0.1, -0.05) is 48.5 Å². The third-order valence-electron chi connectivity index (χ3n) is 8.73. The number of hydrogen-bond acceptors (Lipinski definition) is 8. The average molecular weight is 654 g/mol. The fourth-order valence-electron chi connectivity index (χ4n) is 6.55. The van der Waals surface area contributed by atoms with Crippen molar-refractivity contribution >= 4 is 39.1 Å². The van der Waals surface area contributed by atoms with E-state index in [4.69, 9.17) is 4.74 Å². The summed E-state index contributed by atoms with van der Waals surface area (Å²) >= 11 is 1.54. The van der Waals surface area contributed by atoms with Crippen LogP contribution in [0.4, 0.5) is 5.69 Å². The number of esters is 1. The molecule has 6 rings (SSSR count). The number of fused-ring (bicyclic) bond motifs is 1. The molecule has 1 aliphatic heterocycles. The number of anilines is 1. The van der Waals surface area contributed by atoms with Gasteiger partial charge in [-0.15, -0.1) is 11.3 Å². The first-order chi connectivity index (χ1) is 22.5. The quantitative estimate of drug-likeness (QED) is 0.209. The lowest BCUT2D eigenvalue weighted by Crippen LogP contribution is -2.53. The van der Waals surface area contributed by atoms with Gasteiger partial charge in [-0.2, -0.15) is 0 Å². The van der Waals surface area contributed by atoms with E-state index >= 15 is 0 Å². The van der Waals surface area contributed by atoms with Crippen molar-refractivity contribution in [2.75, 3.05) is 24.6 Å². The summed E-state index contributed by atoms with van der Waals surface area (Å²) in [6, 6.07) is 24.0. The van der Waals surface area contributed by atoms with Crippen molar-refractivity contribution in [2.24, 2.45) is 5.41 Å². The van der Waals surface area contributed by atoms with Crippen molar-refractivity contribution in [1.82, 2.24) is 19.7 Å². The van der Waals surface area contributed by atoms with Gasteiger partial charge >= 0.3 is 5.97 Å². The number of para-hydroxylation sites is 1. The van der Waals surface area contributed by atoms with Crippen LogP contribution < -0.4 is 15.8 Å². The molecule has 1 amide bonds. The van der Waals surface area contributed by atoms with Gasteiger partial charge in [0.2, 0.25) is 0 Å². The van der Waals surface area contributed by atoms with E-state index in [9.17, 15) is 19.5 Å². The zero-order valence-electron chi connectivity index (χ0n) is 27.0. The van der Waals surface area contributed by atoms with Crippen LogP contribution in [0.5, 0.6) is 0 Å². The van der Waals surface area contributed by atoms with Crippen LogP contribution in [0.3, 0.4) is 0 Å². The van der Waals surface area contributed by atoms with Crippen molar-refractivity contribution in [3.63, 3.8) is 0 Å². The molecule has 2 aromatic heterocycles. The standard InChI is InChI=1S/C36H39N5O5S/c1-5-46-34(44)36(19-25-12-8-6-9-13-25)22-39(27-16-17-28-29(18-27)47-23-37-28)20-30(36)38-32(42)31-24(2)40(21-35(3,4)45)41(33(31)43)26-14-10-7-11-15-26/h6-18,23,30,45H,5,19-22H2,1-4H3,(H,38,42). The molecule has 2 atom stereocenters. The molecule has 244 valence electrons. The molecular formula is C36H39N5O5S. The molecule has 0 aliphatic carbocycles. The van der Waals surface area contributed by atoms with E-state index in [0.717, 1.165) is 21.5 Å². The molecule has 2 N–H and O–H groups in total. The molecule has 0 radical (unpaired) electrons. The lowest BCUT2D eigenvalue weighted by molar-refractivity contribution is -0.155. The summed E-state index contributed by atoms with van der Waals surface area (Å²) in [6.07, 6.45) is 0.323. The summed E-state index contributed by atoms with van der Waals surface area (Å²) in [7, 11) is 0. The maximum Gasteiger partial charge on any atom is 0.316 e. The molecule has 3 aromatic carbocycles. The maximum absolute atomic E-state index is 14.3. The zero-order valence-corrected chi connectivity index (χ0v) is 27.8. The van der Waals surface area contributed by atoms with Crippen molar-refractivity contribution in [3.8, 4) is 5.69 Å². The number of aliphatic hydroxyl groups is 1. The number of carbonyl (C=O) groups excluding carboxylic acids is 2. The molecule has 1 aliphatic rings. The highest BCUT2D eigenvalue weighted by molar-refractivity contribution is 7.16.